The molecule has 0 aliphatic carbocycles. The van der Waals surface area contributed by atoms with Gasteiger partial charge in [-0.25, -0.2) is 4.79 Å². The van der Waals surface area contributed by atoms with E-state index in [1.807, 2.05) is 0 Å². The minimum absolute atomic E-state index is 0. The molecule has 15 heavy (non-hydrogen) atoms. The maximum Gasteiger partial charge on any atom is 0.328 e. The molecular formula is C8H9ClN4O2. The van der Waals surface area contributed by atoms with Gasteiger partial charge in [-0.3, -0.25) is 14.3 Å². The SMILES string of the molecule is Cl.N#Cc1cn(C2CNC2)c(=O)[nH]c1=O. The third kappa shape index (κ3) is 1.93. The minimum Gasteiger partial charge on any atom is -0.313 e. The van der Waals surface area contributed by atoms with Crippen LogP contribution in [0, 0.1) is 11.3 Å². The van der Waals surface area contributed by atoms with Crippen LogP contribution in [0.2, 0.25) is 0 Å². The molecule has 1 saturated heterocycles. The number of hydrogen-bond acceptors (Lipinski definition) is 4. The van der Waals surface area contributed by atoms with Crippen molar-refractivity contribution >= 4 is 12.4 Å². The molecule has 2 N–H and O–H groups in total. The molecule has 80 valence electrons. The Labute approximate surface area is 91.0 Å². The van der Waals surface area contributed by atoms with Crippen LogP contribution >= 0.6 is 12.4 Å². The Morgan fingerprint density at radius 3 is 2.60 bits per heavy atom. The van der Waals surface area contributed by atoms with E-state index in [-0.39, 0.29) is 24.0 Å². The summed E-state index contributed by atoms with van der Waals surface area (Å²) in [5.74, 6) is 0. The van der Waals surface area contributed by atoms with Crippen molar-refractivity contribution in [1.82, 2.24) is 14.9 Å². The molecule has 0 saturated carbocycles. The fraction of sp³-hybridized carbons (Fsp3) is 0.375. The lowest BCUT2D eigenvalue weighted by atomic mass is 10.2. The van der Waals surface area contributed by atoms with Crippen LogP contribution in [0.15, 0.2) is 15.8 Å². The lowest BCUT2D eigenvalue weighted by Gasteiger charge is -2.28. The quantitative estimate of drug-likeness (QED) is 0.643. The molecule has 1 aromatic heterocycles. The maximum atomic E-state index is 11.3. The molecule has 0 bridgehead atoms. The number of nitrogens with zero attached hydrogens (tertiary/aromatic N) is 2. The molecule has 0 unspecified atom stereocenters. The van der Waals surface area contributed by atoms with Gasteiger partial charge in [0.2, 0.25) is 0 Å². The molecule has 0 atom stereocenters. The first-order chi connectivity index (χ1) is 6.72. The van der Waals surface area contributed by atoms with Crippen LogP contribution in [0.1, 0.15) is 11.6 Å². The Hall–Kier alpha value is -1.58. The van der Waals surface area contributed by atoms with Gasteiger partial charge in [-0.1, -0.05) is 0 Å². The van der Waals surface area contributed by atoms with Gasteiger partial charge in [0.15, 0.2) is 0 Å². The van der Waals surface area contributed by atoms with Crippen LogP contribution in [0.4, 0.5) is 0 Å². The lowest BCUT2D eigenvalue weighted by Crippen LogP contribution is -2.48. The van der Waals surface area contributed by atoms with Crippen molar-refractivity contribution in [1.29, 1.82) is 5.26 Å². The molecule has 1 fully saturated rings. The summed E-state index contributed by atoms with van der Waals surface area (Å²) < 4.78 is 1.39. The number of aromatic amines is 1. The van der Waals surface area contributed by atoms with Gasteiger partial charge in [0.05, 0.1) is 6.04 Å². The highest BCUT2D eigenvalue weighted by atomic mass is 35.5. The summed E-state index contributed by atoms with van der Waals surface area (Å²) in [6, 6.07) is 1.79. The van der Waals surface area contributed by atoms with Gasteiger partial charge in [-0.15, -0.1) is 12.4 Å². The second kappa shape index (κ2) is 4.29. The summed E-state index contributed by atoms with van der Waals surface area (Å²) in [5, 5.41) is 11.6. The van der Waals surface area contributed by atoms with Crippen molar-refractivity contribution in [2.24, 2.45) is 0 Å². The standard InChI is InChI=1S/C8H8N4O2.ClH/c9-1-5-4-12(6-2-10-3-6)8(14)11-7(5)13;/h4,6,10H,2-3H2,(H,11,13,14);1H. The van der Waals surface area contributed by atoms with Gasteiger partial charge in [-0.2, -0.15) is 5.26 Å². The van der Waals surface area contributed by atoms with E-state index in [9.17, 15) is 9.59 Å². The van der Waals surface area contributed by atoms with E-state index < -0.39 is 11.2 Å². The molecule has 7 heteroatoms. The molecule has 1 aliphatic heterocycles. The molecule has 6 nitrogen and oxygen atoms in total. The number of rotatable bonds is 1. The van der Waals surface area contributed by atoms with Crippen molar-refractivity contribution in [2.75, 3.05) is 13.1 Å². The predicted octanol–water partition coefficient (Wildman–Crippen LogP) is -1.03. The van der Waals surface area contributed by atoms with Crippen LogP contribution in [0.3, 0.4) is 0 Å². The first-order valence-electron chi connectivity index (χ1n) is 4.18. The highest BCUT2D eigenvalue weighted by Gasteiger charge is 2.20. The molecule has 0 amide bonds. The number of nitriles is 1. The summed E-state index contributed by atoms with van der Waals surface area (Å²) in [6.45, 7) is 1.38. The molecule has 0 radical (unpaired) electrons. The number of nitrogens with one attached hydrogen (secondary N) is 2. The maximum absolute atomic E-state index is 11.3. The third-order valence-electron chi connectivity index (χ3n) is 2.24. The normalized spacial score (nSPS) is 14.9. The molecule has 1 aromatic rings. The van der Waals surface area contributed by atoms with Crippen molar-refractivity contribution in [3.63, 3.8) is 0 Å². The Kier molecular flexibility index (Phi) is 3.29. The monoisotopic (exact) mass is 228 g/mol. The fourth-order valence-electron chi connectivity index (χ4n) is 1.31. The molecule has 0 spiro atoms. The fourth-order valence-corrected chi connectivity index (χ4v) is 1.31. The molecular weight excluding hydrogens is 220 g/mol. The van der Waals surface area contributed by atoms with Gasteiger partial charge >= 0.3 is 5.69 Å². The zero-order valence-corrected chi connectivity index (χ0v) is 8.50. The number of H-pyrrole nitrogens is 1. The smallest absolute Gasteiger partial charge is 0.313 e. The van der Waals surface area contributed by atoms with Gasteiger partial charge in [0, 0.05) is 19.3 Å². The molecule has 0 aromatic carbocycles. The lowest BCUT2D eigenvalue weighted by molar-refractivity contribution is 0.331. The average Bonchev–Trinajstić information content (AvgIpc) is 2.06. The highest BCUT2D eigenvalue weighted by molar-refractivity contribution is 5.85. The molecule has 1 aliphatic rings. The van der Waals surface area contributed by atoms with Crippen molar-refractivity contribution in [3.05, 3.63) is 32.6 Å². The van der Waals surface area contributed by atoms with Gasteiger partial charge in [0.25, 0.3) is 5.56 Å². The van der Waals surface area contributed by atoms with E-state index >= 15 is 0 Å². The zero-order chi connectivity index (χ0) is 10.1. The van der Waals surface area contributed by atoms with E-state index in [0.29, 0.717) is 13.1 Å². The second-order valence-electron chi connectivity index (χ2n) is 3.13. The summed E-state index contributed by atoms with van der Waals surface area (Å²) in [7, 11) is 0. The highest BCUT2D eigenvalue weighted by Crippen LogP contribution is 2.07. The summed E-state index contributed by atoms with van der Waals surface area (Å²) >= 11 is 0. The van der Waals surface area contributed by atoms with Gasteiger partial charge in [-0.05, 0) is 0 Å². The predicted molar refractivity (Wildman–Crippen MR) is 55.2 cm³/mol. The topological polar surface area (TPSA) is 90.7 Å². The summed E-state index contributed by atoms with van der Waals surface area (Å²) in [5.41, 5.74) is -1.11. The summed E-state index contributed by atoms with van der Waals surface area (Å²) in [6.07, 6.45) is 1.31. The Balaban J connectivity index is 0.00000112. The van der Waals surface area contributed by atoms with E-state index in [1.165, 1.54) is 10.8 Å². The number of hydrogen-bond donors (Lipinski definition) is 2. The second-order valence-corrected chi connectivity index (χ2v) is 3.13. The van der Waals surface area contributed by atoms with E-state index in [4.69, 9.17) is 5.26 Å². The minimum atomic E-state index is -0.624. The van der Waals surface area contributed by atoms with Crippen molar-refractivity contribution in [2.45, 2.75) is 6.04 Å². The van der Waals surface area contributed by atoms with Gasteiger partial charge < -0.3 is 5.32 Å². The molecule has 2 rings (SSSR count). The van der Waals surface area contributed by atoms with E-state index in [0.717, 1.165) is 0 Å². The van der Waals surface area contributed by atoms with Crippen molar-refractivity contribution < 1.29 is 0 Å². The van der Waals surface area contributed by atoms with Crippen LogP contribution in [-0.2, 0) is 0 Å². The Bertz CT molecular complexity index is 509. The van der Waals surface area contributed by atoms with Gasteiger partial charge in [0.1, 0.15) is 11.6 Å². The number of halogens is 1. The summed E-state index contributed by atoms with van der Waals surface area (Å²) in [4.78, 5) is 24.5. The molecule has 2 heterocycles. The van der Waals surface area contributed by atoms with Crippen LogP contribution < -0.4 is 16.6 Å². The van der Waals surface area contributed by atoms with Crippen LogP contribution in [0.5, 0.6) is 0 Å². The van der Waals surface area contributed by atoms with E-state index in [2.05, 4.69) is 10.3 Å². The van der Waals surface area contributed by atoms with E-state index in [1.54, 1.807) is 6.07 Å². The Morgan fingerprint density at radius 1 is 1.47 bits per heavy atom. The first-order valence-corrected chi connectivity index (χ1v) is 4.18. The van der Waals surface area contributed by atoms with Crippen LogP contribution in [-0.4, -0.2) is 22.6 Å². The van der Waals surface area contributed by atoms with Crippen LogP contribution in [0.25, 0.3) is 0 Å². The van der Waals surface area contributed by atoms with Crippen molar-refractivity contribution in [3.8, 4) is 6.07 Å². The average molecular weight is 229 g/mol. The first kappa shape index (κ1) is 11.5. The third-order valence-corrected chi connectivity index (χ3v) is 2.24. The largest absolute Gasteiger partial charge is 0.328 e. The Morgan fingerprint density at radius 2 is 2.13 bits per heavy atom. The zero-order valence-electron chi connectivity index (χ0n) is 7.69. The number of aromatic nitrogens is 2.